The highest BCUT2D eigenvalue weighted by atomic mass is 16.5. The molecular formula is C11H21NO2. The van der Waals surface area contributed by atoms with Crippen LogP contribution < -0.4 is 0 Å². The summed E-state index contributed by atoms with van der Waals surface area (Å²) in [6, 6.07) is 0. The van der Waals surface area contributed by atoms with Crippen molar-refractivity contribution in [3.63, 3.8) is 0 Å². The number of esters is 1. The monoisotopic (exact) mass is 199 g/mol. The third-order valence-electron chi connectivity index (χ3n) is 3.06. The van der Waals surface area contributed by atoms with Gasteiger partial charge in [0.25, 0.3) is 0 Å². The molecule has 3 nitrogen and oxygen atoms in total. The molecule has 0 amide bonds. The first-order valence-electron chi connectivity index (χ1n) is 5.35. The molecule has 14 heavy (non-hydrogen) atoms. The number of likely N-dealkylation sites (tertiary alicyclic amines) is 1. The molecule has 0 bridgehead atoms. The van der Waals surface area contributed by atoms with Gasteiger partial charge in [-0.05, 0) is 33.7 Å². The van der Waals surface area contributed by atoms with E-state index in [2.05, 4.69) is 11.9 Å². The number of hydrogen-bond acceptors (Lipinski definition) is 3. The second-order valence-electron chi connectivity index (χ2n) is 4.82. The molecular weight excluding hydrogens is 178 g/mol. The minimum absolute atomic E-state index is 0.0553. The summed E-state index contributed by atoms with van der Waals surface area (Å²) >= 11 is 0. The Morgan fingerprint density at radius 1 is 1.57 bits per heavy atom. The molecule has 0 saturated carbocycles. The van der Waals surface area contributed by atoms with Gasteiger partial charge >= 0.3 is 5.97 Å². The number of carbonyl (C=O) groups is 1. The van der Waals surface area contributed by atoms with Crippen molar-refractivity contribution >= 4 is 5.97 Å². The zero-order chi connectivity index (χ0) is 10.8. The van der Waals surface area contributed by atoms with Crippen molar-refractivity contribution in [2.45, 2.75) is 39.7 Å². The number of hydrogen-bond donors (Lipinski definition) is 0. The number of carbonyl (C=O) groups excluding carboxylic acids is 1. The molecule has 1 fully saturated rings. The molecule has 1 rings (SSSR count). The van der Waals surface area contributed by atoms with Crippen LogP contribution in [0.15, 0.2) is 0 Å². The maximum atomic E-state index is 11.7. The smallest absolute Gasteiger partial charge is 0.311 e. The van der Waals surface area contributed by atoms with Crippen LogP contribution in [0, 0.1) is 5.41 Å². The maximum Gasteiger partial charge on any atom is 0.311 e. The lowest BCUT2D eigenvalue weighted by molar-refractivity contribution is -0.159. The van der Waals surface area contributed by atoms with E-state index in [0.29, 0.717) is 0 Å². The van der Waals surface area contributed by atoms with Gasteiger partial charge in [-0.3, -0.25) is 4.79 Å². The highest BCUT2D eigenvalue weighted by Crippen LogP contribution is 2.23. The van der Waals surface area contributed by atoms with Gasteiger partial charge in [0, 0.05) is 13.1 Å². The highest BCUT2D eigenvalue weighted by Gasteiger charge is 2.31. The molecule has 1 saturated heterocycles. The number of ether oxygens (including phenoxy) is 1. The summed E-state index contributed by atoms with van der Waals surface area (Å²) in [4.78, 5) is 13.9. The summed E-state index contributed by atoms with van der Waals surface area (Å²) in [6.45, 7) is 7.81. The zero-order valence-electron chi connectivity index (χ0n) is 9.67. The summed E-state index contributed by atoms with van der Waals surface area (Å²) in [5, 5.41) is 0. The van der Waals surface area contributed by atoms with E-state index in [1.165, 1.54) is 0 Å². The third kappa shape index (κ3) is 2.71. The van der Waals surface area contributed by atoms with Crippen molar-refractivity contribution < 1.29 is 9.53 Å². The van der Waals surface area contributed by atoms with Gasteiger partial charge < -0.3 is 9.64 Å². The van der Waals surface area contributed by atoms with E-state index in [1.807, 2.05) is 20.8 Å². The molecule has 0 aromatic rings. The molecule has 1 aliphatic rings. The minimum Gasteiger partial charge on any atom is -0.461 e. The average molecular weight is 199 g/mol. The fourth-order valence-electron chi connectivity index (χ4n) is 1.45. The second kappa shape index (κ2) is 4.30. The van der Waals surface area contributed by atoms with Crippen molar-refractivity contribution in [1.29, 1.82) is 0 Å². The predicted molar refractivity (Wildman–Crippen MR) is 56.1 cm³/mol. The molecule has 1 atom stereocenters. The number of likely N-dealkylation sites (N-methyl/N-ethyl adjacent to an activating group) is 1. The van der Waals surface area contributed by atoms with Gasteiger partial charge in [-0.2, -0.15) is 0 Å². The molecule has 3 heteroatoms. The first-order valence-corrected chi connectivity index (χ1v) is 5.35. The molecule has 82 valence electrons. The summed E-state index contributed by atoms with van der Waals surface area (Å²) in [5.74, 6) is -0.0553. The fourth-order valence-corrected chi connectivity index (χ4v) is 1.45. The second-order valence-corrected chi connectivity index (χ2v) is 4.82. The quantitative estimate of drug-likeness (QED) is 0.648. The predicted octanol–water partition coefficient (Wildman–Crippen LogP) is 1.67. The molecule has 1 heterocycles. The topological polar surface area (TPSA) is 29.5 Å². The average Bonchev–Trinajstić information content (AvgIpc) is 2.51. The first kappa shape index (κ1) is 11.5. The molecule has 0 aromatic heterocycles. The lowest BCUT2D eigenvalue weighted by Crippen LogP contribution is -2.31. The third-order valence-corrected chi connectivity index (χ3v) is 3.06. The van der Waals surface area contributed by atoms with E-state index < -0.39 is 0 Å². The van der Waals surface area contributed by atoms with E-state index in [1.54, 1.807) is 0 Å². The van der Waals surface area contributed by atoms with E-state index in [4.69, 9.17) is 4.74 Å². The number of rotatable bonds is 3. The minimum atomic E-state index is -0.332. The van der Waals surface area contributed by atoms with Crippen LogP contribution >= 0.6 is 0 Å². The standard InChI is InChI=1S/C11H21NO2/c1-5-11(2,3)10(13)14-9-6-7-12(4)8-9/h9H,5-8H2,1-4H3. The highest BCUT2D eigenvalue weighted by molar-refractivity contribution is 5.76. The zero-order valence-corrected chi connectivity index (χ0v) is 9.67. The maximum absolute atomic E-state index is 11.7. The SMILES string of the molecule is CCC(C)(C)C(=O)OC1CCN(C)C1. The normalized spacial score (nSPS) is 23.9. The largest absolute Gasteiger partial charge is 0.461 e. The molecule has 0 spiro atoms. The molecule has 1 aliphatic heterocycles. The van der Waals surface area contributed by atoms with E-state index in [9.17, 15) is 4.79 Å². The van der Waals surface area contributed by atoms with E-state index in [0.717, 1.165) is 25.9 Å². The van der Waals surface area contributed by atoms with Crippen LogP contribution in [-0.2, 0) is 9.53 Å². The molecule has 0 radical (unpaired) electrons. The van der Waals surface area contributed by atoms with Crippen LogP contribution in [0.1, 0.15) is 33.6 Å². The number of nitrogens with zero attached hydrogens (tertiary/aromatic N) is 1. The Kier molecular flexibility index (Phi) is 3.53. The first-order chi connectivity index (χ1) is 6.45. The van der Waals surface area contributed by atoms with E-state index in [-0.39, 0.29) is 17.5 Å². The van der Waals surface area contributed by atoms with Crippen LogP contribution in [0.2, 0.25) is 0 Å². The van der Waals surface area contributed by atoms with Gasteiger partial charge in [0.2, 0.25) is 0 Å². The Labute approximate surface area is 86.4 Å². The molecule has 0 aromatic carbocycles. The Balaban J connectivity index is 2.41. The van der Waals surface area contributed by atoms with Gasteiger partial charge in [0.05, 0.1) is 5.41 Å². The Bertz CT molecular complexity index is 213. The molecule has 0 aliphatic carbocycles. The van der Waals surface area contributed by atoms with Crippen LogP contribution in [0.5, 0.6) is 0 Å². The van der Waals surface area contributed by atoms with Gasteiger partial charge in [-0.1, -0.05) is 6.92 Å². The Morgan fingerprint density at radius 2 is 2.21 bits per heavy atom. The fraction of sp³-hybridized carbons (Fsp3) is 0.909. The molecule has 0 N–H and O–H groups in total. The Hall–Kier alpha value is -0.570. The summed E-state index contributed by atoms with van der Waals surface area (Å²) in [6.07, 6.45) is 1.91. The Morgan fingerprint density at radius 3 is 2.64 bits per heavy atom. The van der Waals surface area contributed by atoms with Crippen molar-refractivity contribution in [1.82, 2.24) is 4.90 Å². The van der Waals surface area contributed by atoms with Gasteiger partial charge in [0.1, 0.15) is 6.10 Å². The van der Waals surface area contributed by atoms with E-state index >= 15 is 0 Å². The lowest BCUT2D eigenvalue weighted by Gasteiger charge is -2.23. The van der Waals surface area contributed by atoms with Crippen molar-refractivity contribution in [3.05, 3.63) is 0 Å². The summed E-state index contributed by atoms with van der Waals surface area (Å²) in [5.41, 5.74) is -0.332. The van der Waals surface area contributed by atoms with Crippen LogP contribution in [0.3, 0.4) is 0 Å². The van der Waals surface area contributed by atoms with Crippen LogP contribution in [0.4, 0.5) is 0 Å². The van der Waals surface area contributed by atoms with Gasteiger partial charge in [-0.25, -0.2) is 0 Å². The van der Waals surface area contributed by atoms with Crippen molar-refractivity contribution in [2.75, 3.05) is 20.1 Å². The molecule has 1 unspecified atom stereocenters. The summed E-state index contributed by atoms with van der Waals surface area (Å²) < 4.78 is 5.46. The summed E-state index contributed by atoms with van der Waals surface area (Å²) in [7, 11) is 2.05. The van der Waals surface area contributed by atoms with Crippen LogP contribution in [-0.4, -0.2) is 37.1 Å². The van der Waals surface area contributed by atoms with Gasteiger partial charge in [-0.15, -0.1) is 0 Å². The lowest BCUT2D eigenvalue weighted by atomic mass is 9.90. The van der Waals surface area contributed by atoms with Crippen LogP contribution in [0.25, 0.3) is 0 Å². The van der Waals surface area contributed by atoms with Crippen molar-refractivity contribution in [2.24, 2.45) is 5.41 Å². The van der Waals surface area contributed by atoms with Crippen molar-refractivity contribution in [3.8, 4) is 0 Å². The van der Waals surface area contributed by atoms with Gasteiger partial charge in [0.15, 0.2) is 0 Å².